The van der Waals surface area contributed by atoms with E-state index >= 15 is 0 Å². The van der Waals surface area contributed by atoms with Gasteiger partial charge >= 0.3 is 0 Å². The lowest BCUT2D eigenvalue weighted by atomic mass is 10.2. The number of thiophene rings is 1. The first-order valence-corrected chi connectivity index (χ1v) is 8.26. The fraction of sp³-hybridized carbons (Fsp3) is 0.333. The highest BCUT2D eigenvalue weighted by Crippen LogP contribution is 2.27. The average Bonchev–Trinajstić information content (AvgIpc) is 3.17. The van der Waals surface area contributed by atoms with E-state index in [0.29, 0.717) is 24.9 Å². The molecule has 2 nitrogen and oxygen atoms in total. The molecule has 0 atom stereocenters. The maximum Gasteiger partial charge on any atom is 0.165 e. The summed E-state index contributed by atoms with van der Waals surface area (Å²) >= 11 is 5.00. The Balaban J connectivity index is 1.69. The molecule has 0 saturated heterocycles. The molecule has 0 amide bonds. The van der Waals surface area contributed by atoms with Crippen LogP contribution < -0.4 is 10.1 Å². The van der Waals surface area contributed by atoms with Crippen molar-refractivity contribution < 1.29 is 9.13 Å². The zero-order valence-corrected chi connectivity index (χ0v) is 13.3. The highest BCUT2D eigenvalue weighted by Gasteiger charge is 2.21. The van der Waals surface area contributed by atoms with Gasteiger partial charge in [0, 0.05) is 32.9 Å². The minimum absolute atomic E-state index is 0.296. The second-order valence-corrected chi connectivity index (χ2v) is 6.81. The van der Waals surface area contributed by atoms with E-state index in [-0.39, 0.29) is 5.82 Å². The molecule has 2 aromatic rings. The van der Waals surface area contributed by atoms with E-state index in [2.05, 4.69) is 21.2 Å². The van der Waals surface area contributed by atoms with Gasteiger partial charge in [0.1, 0.15) is 6.61 Å². The largest absolute Gasteiger partial charge is 0.485 e. The van der Waals surface area contributed by atoms with Crippen molar-refractivity contribution >= 4 is 27.3 Å². The molecule has 0 bridgehead atoms. The van der Waals surface area contributed by atoms with Gasteiger partial charge < -0.3 is 10.1 Å². The van der Waals surface area contributed by atoms with Crippen molar-refractivity contribution in [2.75, 3.05) is 0 Å². The van der Waals surface area contributed by atoms with Gasteiger partial charge in [0.2, 0.25) is 0 Å². The number of hydrogen-bond acceptors (Lipinski definition) is 3. The number of ether oxygens (including phenoxy) is 1. The molecule has 0 unspecified atom stereocenters. The van der Waals surface area contributed by atoms with Crippen LogP contribution in [-0.2, 0) is 13.2 Å². The molecule has 1 saturated carbocycles. The molecule has 1 aliphatic carbocycles. The summed E-state index contributed by atoms with van der Waals surface area (Å²) in [5.41, 5.74) is 0.882. The van der Waals surface area contributed by atoms with Crippen molar-refractivity contribution in [3.63, 3.8) is 0 Å². The van der Waals surface area contributed by atoms with Gasteiger partial charge in [-0.2, -0.15) is 0 Å². The Morgan fingerprint density at radius 3 is 2.95 bits per heavy atom. The minimum Gasteiger partial charge on any atom is -0.485 e. The summed E-state index contributed by atoms with van der Waals surface area (Å²) in [4.78, 5) is 1.07. The van der Waals surface area contributed by atoms with Crippen LogP contribution >= 0.6 is 27.3 Å². The minimum atomic E-state index is -0.296. The third kappa shape index (κ3) is 3.59. The van der Waals surface area contributed by atoms with Gasteiger partial charge in [-0.25, -0.2) is 4.39 Å². The molecule has 1 aliphatic rings. The van der Waals surface area contributed by atoms with Crippen LogP contribution in [0.15, 0.2) is 34.1 Å². The second kappa shape index (κ2) is 6.24. The lowest BCUT2D eigenvalue weighted by molar-refractivity contribution is 0.289. The van der Waals surface area contributed by atoms with E-state index in [4.69, 9.17) is 4.74 Å². The summed E-state index contributed by atoms with van der Waals surface area (Å²) in [5, 5.41) is 5.39. The number of nitrogens with one attached hydrogen (secondary N) is 1. The van der Waals surface area contributed by atoms with Crippen LogP contribution in [0.3, 0.4) is 0 Å². The molecule has 5 heteroatoms. The monoisotopic (exact) mass is 355 g/mol. The van der Waals surface area contributed by atoms with Crippen molar-refractivity contribution in [1.29, 1.82) is 0 Å². The standard InChI is InChI=1S/C15H15BrFNOS/c16-11-6-13(20-9-11)8-19-15-10(2-1-3-14(15)17)7-18-12-4-5-12/h1-3,6,9,12,18H,4-5,7-8H2. The van der Waals surface area contributed by atoms with Crippen molar-refractivity contribution in [2.45, 2.75) is 32.0 Å². The summed E-state index contributed by atoms with van der Waals surface area (Å²) in [6.45, 7) is 1.06. The maximum atomic E-state index is 13.9. The first kappa shape index (κ1) is 14.0. The Hall–Kier alpha value is -0.910. The van der Waals surface area contributed by atoms with Crippen LogP contribution in [0.25, 0.3) is 0 Å². The van der Waals surface area contributed by atoms with Crippen molar-refractivity contribution in [1.82, 2.24) is 5.32 Å². The van der Waals surface area contributed by atoms with Crippen LogP contribution in [0, 0.1) is 5.82 Å². The Labute approximate surface area is 130 Å². The molecule has 1 aromatic heterocycles. The first-order valence-electron chi connectivity index (χ1n) is 6.59. The maximum absolute atomic E-state index is 13.9. The summed E-state index contributed by atoms with van der Waals surface area (Å²) in [6.07, 6.45) is 2.43. The van der Waals surface area contributed by atoms with E-state index < -0.39 is 0 Å². The van der Waals surface area contributed by atoms with Crippen molar-refractivity contribution in [2.24, 2.45) is 0 Å². The fourth-order valence-corrected chi connectivity index (χ4v) is 3.33. The Bertz CT molecular complexity index is 597. The van der Waals surface area contributed by atoms with E-state index in [9.17, 15) is 4.39 Å². The SMILES string of the molecule is Fc1cccc(CNC2CC2)c1OCc1cc(Br)cs1. The Morgan fingerprint density at radius 1 is 1.40 bits per heavy atom. The predicted molar refractivity (Wildman–Crippen MR) is 82.6 cm³/mol. The first-order chi connectivity index (χ1) is 9.72. The van der Waals surface area contributed by atoms with E-state index in [1.54, 1.807) is 17.4 Å². The second-order valence-electron chi connectivity index (χ2n) is 4.90. The summed E-state index contributed by atoms with van der Waals surface area (Å²) in [6, 6.07) is 7.68. The predicted octanol–water partition coefficient (Wildman–Crippen LogP) is 4.48. The van der Waals surface area contributed by atoms with Crippen molar-refractivity contribution in [3.8, 4) is 5.75 Å². The molecule has 1 aromatic carbocycles. The molecule has 3 rings (SSSR count). The van der Waals surface area contributed by atoms with E-state index in [1.165, 1.54) is 18.9 Å². The lowest BCUT2D eigenvalue weighted by Crippen LogP contribution is -2.16. The smallest absolute Gasteiger partial charge is 0.165 e. The van der Waals surface area contributed by atoms with Crippen LogP contribution in [0.4, 0.5) is 4.39 Å². The van der Waals surface area contributed by atoms with Gasteiger partial charge in [0.15, 0.2) is 11.6 Å². The highest BCUT2D eigenvalue weighted by molar-refractivity contribution is 9.10. The third-order valence-electron chi connectivity index (χ3n) is 3.19. The zero-order valence-electron chi connectivity index (χ0n) is 10.9. The van der Waals surface area contributed by atoms with Gasteiger partial charge in [-0.1, -0.05) is 12.1 Å². The zero-order chi connectivity index (χ0) is 13.9. The highest BCUT2D eigenvalue weighted by atomic mass is 79.9. The normalized spacial score (nSPS) is 14.5. The van der Waals surface area contributed by atoms with Gasteiger partial charge in [0.25, 0.3) is 0 Å². The van der Waals surface area contributed by atoms with E-state index in [0.717, 1.165) is 14.9 Å². The molecule has 106 valence electrons. The van der Waals surface area contributed by atoms with E-state index in [1.807, 2.05) is 17.5 Å². The van der Waals surface area contributed by atoms with Gasteiger partial charge in [-0.05, 0) is 40.9 Å². The van der Waals surface area contributed by atoms with Gasteiger partial charge in [-0.15, -0.1) is 11.3 Å². The molecule has 0 aliphatic heterocycles. The molecule has 1 N–H and O–H groups in total. The molecular weight excluding hydrogens is 341 g/mol. The average molecular weight is 356 g/mol. The molecule has 20 heavy (non-hydrogen) atoms. The molecule has 1 fully saturated rings. The number of rotatable bonds is 6. The Kier molecular flexibility index (Phi) is 4.38. The summed E-state index contributed by atoms with van der Waals surface area (Å²) < 4.78 is 20.7. The number of benzene rings is 1. The van der Waals surface area contributed by atoms with Gasteiger partial charge in [-0.3, -0.25) is 0 Å². The molecule has 0 spiro atoms. The lowest BCUT2D eigenvalue weighted by Gasteiger charge is -2.12. The van der Waals surface area contributed by atoms with Crippen molar-refractivity contribution in [3.05, 3.63) is 50.4 Å². The number of para-hydroxylation sites is 1. The van der Waals surface area contributed by atoms with Crippen LogP contribution in [-0.4, -0.2) is 6.04 Å². The Morgan fingerprint density at radius 2 is 2.25 bits per heavy atom. The summed E-state index contributed by atoms with van der Waals surface area (Å²) in [7, 11) is 0. The molecule has 1 heterocycles. The third-order valence-corrected chi connectivity index (χ3v) is 4.86. The van der Waals surface area contributed by atoms with Crippen LogP contribution in [0.1, 0.15) is 23.3 Å². The fourth-order valence-electron chi connectivity index (χ4n) is 1.97. The van der Waals surface area contributed by atoms with Crippen LogP contribution in [0.2, 0.25) is 0 Å². The molecule has 0 radical (unpaired) electrons. The number of hydrogen-bond donors (Lipinski definition) is 1. The summed E-state index contributed by atoms with van der Waals surface area (Å²) in [5.74, 6) is 0.0703. The number of halogens is 2. The topological polar surface area (TPSA) is 21.3 Å². The molecular formula is C15H15BrFNOS. The van der Waals surface area contributed by atoms with Gasteiger partial charge in [0.05, 0.1) is 0 Å². The van der Waals surface area contributed by atoms with Crippen LogP contribution in [0.5, 0.6) is 5.75 Å². The quantitative estimate of drug-likeness (QED) is 0.824.